The summed E-state index contributed by atoms with van der Waals surface area (Å²) in [6, 6.07) is 4.24. The van der Waals surface area contributed by atoms with Gasteiger partial charge in [0.15, 0.2) is 0 Å². The molecule has 0 aromatic carbocycles. The Morgan fingerprint density at radius 1 is 1.67 bits per heavy atom. The molecule has 1 rings (SSSR count). The second-order valence-electron chi connectivity index (χ2n) is 2.48. The fraction of sp³-hybridized carbons (Fsp3) is 0.500. The van der Waals surface area contributed by atoms with Crippen molar-refractivity contribution in [1.29, 1.82) is 0 Å². The average Bonchev–Trinajstić information content (AvgIpc) is 2.47. The van der Waals surface area contributed by atoms with E-state index in [0.717, 1.165) is 11.6 Å². The average molecular weight is 286 g/mol. The molecular formula is C8H10BrClS2. The lowest BCUT2D eigenvalue weighted by Gasteiger charge is -2.04. The molecule has 0 radical (unpaired) electrons. The highest BCUT2D eigenvalue weighted by atomic mass is 79.9. The molecule has 68 valence electrons. The summed E-state index contributed by atoms with van der Waals surface area (Å²) in [5.74, 6) is 1.81. The number of hydrogen-bond acceptors (Lipinski definition) is 2. The maximum atomic E-state index is 5.70. The summed E-state index contributed by atoms with van der Waals surface area (Å²) in [4.78, 5) is 1.41. The van der Waals surface area contributed by atoms with E-state index in [9.17, 15) is 0 Å². The molecule has 1 atom stereocenters. The summed E-state index contributed by atoms with van der Waals surface area (Å²) in [7, 11) is 0. The van der Waals surface area contributed by atoms with E-state index in [0.29, 0.717) is 5.25 Å². The third-order valence-corrected chi connectivity index (χ3v) is 5.02. The van der Waals surface area contributed by atoms with Crippen LogP contribution in [0.25, 0.3) is 0 Å². The second-order valence-corrected chi connectivity index (χ2v) is 6.76. The molecule has 0 N–H and O–H groups in total. The minimum atomic E-state index is 0.549. The molecule has 0 spiro atoms. The number of halogens is 2. The van der Waals surface area contributed by atoms with Gasteiger partial charge >= 0.3 is 0 Å². The number of thiophene rings is 1. The fourth-order valence-corrected chi connectivity index (χ4v) is 3.32. The van der Waals surface area contributed by atoms with Gasteiger partial charge in [-0.2, -0.15) is 11.8 Å². The summed E-state index contributed by atoms with van der Waals surface area (Å²) in [5.41, 5.74) is 0. The summed E-state index contributed by atoms with van der Waals surface area (Å²) < 4.78 is 1.21. The first-order chi connectivity index (χ1) is 5.72. The maximum Gasteiger partial charge on any atom is 0.0701 e. The Morgan fingerprint density at radius 3 is 2.92 bits per heavy atom. The van der Waals surface area contributed by atoms with Gasteiger partial charge in [0.2, 0.25) is 0 Å². The lowest BCUT2D eigenvalue weighted by Crippen LogP contribution is -1.96. The molecule has 0 fully saturated rings. The van der Waals surface area contributed by atoms with Crippen LogP contribution in [0.1, 0.15) is 11.8 Å². The first-order valence-electron chi connectivity index (χ1n) is 3.64. The molecule has 1 unspecified atom stereocenters. The van der Waals surface area contributed by atoms with Gasteiger partial charge in [-0.15, -0.1) is 22.9 Å². The Hall–Kier alpha value is 0.820. The van der Waals surface area contributed by atoms with Crippen molar-refractivity contribution >= 4 is 50.6 Å². The van der Waals surface area contributed by atoms with Gasteiger partial charge in [-0.25, -0.2) is 0 Å². The van der Waals surface area contributed by atoms with Gasteiger partial charge in [-0.3, -0.25) is 0 Å². The summed E-state index contributed by atoms with van der Waals surface area (Å²) in [5, 5.41) is 0.549. The Labute approximate surface area is 94.8 Å². The van der Waals surface area contributed by atoms with Gasteiger partial charge < -0.3 is 0 Å². The number of alkyl halides is 1. The lowest BCUT2D eigenvalue weighted by atomic mass is 10.5. The zero-order chi connectivity index (χ0) is 8.97. The third kappa shape index (κ3) is 3.69. The molecule has 4 heteroatoms. The van der Waals surface area contributed by atoms with Crippen LogP contribution in [-0.4, -0.2) is 11.1 Å². The van der Waals surface area contributed by atoms with E-state index in [-0.39, 0.29) is 0 Å². The molecule has 0 aliphatic heterocycles. The van der Waals surface area contributed by atoms with Gasteiger partial charge in [0.1, 0.15) is 0 Å². The molecule has 0 aliphatic carbocycles. The Kier molecular flexibility index (Phi) is 5.02. The SMILES string of the molecule is CC(CCl)SCc1ccc(Br)s1. The van der Waals surface area contributed by atoms with Crippen LogP contribution in [0.15, 0.2) is 15.9 Å². The number of hydrogen-bond donors (Lipinski definition) is 0. The summed E-state index contributed by atoms with van der Waals surface area (Å²) >= 11 is 12.8. The molecule has 0 amide bonds. The normalized spacial score (nSPS) is 13.2. The van der Waals surface area contributed by atoms with Crippen molar-refractivity contribution in [2.75, 3.05) is 5.88 Å². The van der Waals surface area contributed by atoms with E-state index in [1.807, 2.05) is 11.8 Å². The van der Waals surface area contributed by atoms with Crippen LogP contribution in [0.5, 0.6) is 0 Å². The third-order valence-electron chi connectivity index (χ3n) is 1.36. The molecule has 1 aromatic rings. The number of thioether (sulfide) groups is 1. The molecule has 0 aliphatic rings. The zero-order valence-corrected chi connectivity index (χ0v) is 10.7. The van der Waals surface area contributed by atoms with Crippen molar-refractivity contribution in [3.8, 4) is 0 Å². The highest BCUT2D eigenvalue weighted by Crippen LogP contribution is 2.27. The van der Waals surface area contributed by atoms with Crippen molar-refractivity contribution in [2.24, 2.45) is 0 Å². The Balaban J connectivity index is 2.33. The van der Waals surface area contributed by atoms with Crippen LogP contribution in [0.3, 0.4) is 0 Å². The predicted octanol–water partition coefficient (Wildman–Crippen LogP) is 4.37. The number of rotatable bonds is 4. The lowest BCUT2D eigenvalue weighted by molar-refractivity contribution is 1.12. The first kappa shape index (κ1) is 10.9. The van der Waals surface area contributed by atoms with Crippen molar-refractivity contribution in [1.82, 2.24) is 0 Å². The van der Waals surface area contributed by atoms with Crippen LogP contribution in [0, 0.1) is 0 Å². The van der Waals surface area contributed by atoms with Crippen molar-refractivity contribution < 1.29 is 0 Å². The van der Waals surface area contributed by atoms with Crippen molar-refractivity contribution in [2.45, 2.75) is 17.9 Å². The summed E-state index contributed by atoms with van der Waals surface area (Å²) in [6.45, 7) is 2.15. The predicted molar refractivity (Wildman–Crippen MR) is 63.5 cm³/mol. The van der Waals surface area contributed by atoms with Crippen LogP contribution in [-0.2, 0) is 5.75 Å². The van der Waals surface area contributed by atoms with Gasteiger partial charge in [0.05, 0.1) is 3.79 Å². The van der Waals surface area contributed by atoms with E-state index in [1.54, 1.807) is 11.3 Å². The Morgan fingerprint density at radius 2 is 2.42 bits per heavy atom. The molecule has 1 heterocycles. The highest BCUT2D eigenvalue weighted by Gasteiger charge is 2.02. The Bertz CT molecular complexity index is 237. The van der Waals surface area contributed by atoms with Crippen LogP contribution in [0.4, 0.5) is 0 Å². The van der Waals surface area contributed by atoms with Gasteiger partial charge in [-0.05, 0) is 28.1 Å². The topological polar surface area (TPSA) is 0 Å². The van der Waals surface area contributed by atoms with Crippen LogP contribution >= 0.6 is 50.6 Å². The molecule has 0 saturated heterocycles. The van der Waals surface area contributed by atoms with E-state index < -0.39 is 0 Å². The molecule has 0 bridgehead atoms. The van der Waals surface area contributed by atoms with Crippen LogP contribution in [0.2, 0.25) is 0 Å². The standard InChI is InChI=1S/C8H10BrClS2/c1-6(4-10)11-5-7-2-3-8(9)12-7/h2-3,6H,4-5H2,1H3. The molecule has 1 aromatic heterocycles. The largest absolute Gasteiger partial charge is 0.152 e. The zero-order valence-electron chi connectivity index (χ0n) is 6.72. The maximum absolute atomic E-state index is 5.70. The summed E-state index contributed by atoms with van der Waals surface area (Å²) in [6.07, 6.45) is 0. The molecule has 0 saturated carbocycles. The smallest absolute Gasteiger partial charge is 0.0701 e. The van der Waals surface area contributed by atoms with E-state index in [4.69, 9.17) is 11.6 Å². The molecule has 0 nitrogen and oxygen atoms in total. The molecule has 12 heavy (non-hydrogen) atoms. The minimum absolute atomic E-state index is 0.549. The minimum Gasteiger partial charge on any atom is -0.152 e. The van der Waals surface area contributed by atoms with E-state index >= 15 is 0 Å². The fourth-order valence-electron chi connectivity index (χ4n) is 0.698. The second kappa shape index (κ2) is 5.53. The monoisotopic (exact) mass is 284 g/mol. The molecular weight excluding hydrogens is 276 g/mol. The quantitative estimate of drug-likeness (QED) is 0.740. The van der Waals surface area contributed by atoms with Gasteiger partial charge in [-0.1, -0.05) is 6.92 Å². The van der Waals surface area contributed by atoms with E-state index in [2.05, 4.69) is 35.0 Å². The van der Waals surface area contributed by atoms with E-state index in [1.165, 1.54) is 8.66 Å². The highest BCUT2D eigenvalue weighted by molar-refractivity contribution is 9.11. The van der Waals surface area contributed by atoms with Crippen molar-refractivity contribution in [3.63, 3.8) is 0 Å². The van der Waals surface area contributed by atoms with Crippen molar-refractivity contribution in [3.05, 3.63) is 20.8 Å². The van der Waals surface area contributed by atoms with Gasteiger partial charge in [0.25, 0.3) is 0 Å². The van der Waals surface area contributed by atoms with Crippen LogP contribution < -0.4 is 0 Å². The first-order valence-corrected chi connectivity index (χ1v) is 6.83. The van der Waals surface area contributed by atoms with Gasteiger partial charge in [0, 0.05) is 21.8 Å².